The first-order valence-electron chi connectivity index (χ1n) is 9.96. The summed E-state index contributed by atoms with van der Waals surface area (Å²) in [6, 6.07) is 10.3. The molecule has 0 N–H and O–H groups in total. The fourth-order valence-corrected chi connectivity index (χ4v) is 3.41. The van der Waals surface area contributed by atoms with Crippen LogP contribution in [0.25, 0.3) is 0 Å². The molecule has 0 aliphatic heterocycles. The maximum absolute atomic E-state index is 13.2. The fraction of sp³-hybridized carbons (Fsp3) is 0.435. The summed E-state index contributed by atoms with van der Waals surface area (Å²) in [6.45, 7) is 1.66. The number of para-hydroxylation sites is 1. The van der Waals surface area contributed by atoms with E-state index >= 15 is 0 Å². The molecule has 31 heavy (non-hydrogen) atoms. The van der Waals surface area contributed by atoms with Crippen LogP contribution in [0.3, 0.4) is 0 Å². The van der Waals surface area contributed by atoms with Crippen LogP contribution in [0, 0.1) is 0 Å². The van der Waals surface area contributed by atoms with Crippen LogP contribution in [0.5, 0.6) is 17.2 Å². The number of methoxy groups -OCH3 is 3. The number of carbonyl (C=O) groups excluding carboxylic acids is 1. The average molecular weight is 439 g/mol. The summed E-state index contributed by atoms with van der Waals surface area (Å²) in [4.78, 5) is 12.9. The molecule has 0 aliphatic carbocycles. The highest BCUT2D eigenvalue weighted by molar-refractivity contribution is 5.82. The molecular formula is C23H28F3NO4. The molecule has 0 unspecified atom stereocenters. The van der Waals surface area contributed by atoms with E-state index in [0.717, 1.165) is 23.3 Å². The number of rotatable bonds is 10. The Kier molecular flexibility index (Phi) is 8.59. The molecule has 2 aromatic rings. The van der Waals surface area contributed by atoms with Gasteiger partial charge in [0.15, 0.2) is 0 Å². The van der Waals surface area contributed by atoms with Crippen molar-refractivity contribution in [2.24, 2.45) is 0 Å². The normalized spacial score (nSPS) is 11.2. The molecule has 170 valence electrons. The fourth-order valence-electron chi connectivity index (χ4n) is 3.41. The zero-order valence-corrected chi connectivity index (χ0v) is 18.2. The maximum atomic E-state index is 13.2. The Hall–Kier alpha value is -2.90. The summed E-state index contributed by atoms with van der Waals surface area (Å²) in [7, 11) is 4.49. The van der Waals surface area contributed by atoms with Gasteiger partial charge < -0.3 is 19.1 Å². The molecule has 0 aromatic heterocycles. The largest absolute Gasteiger partial charge is 0.496 e. The number of aryl methyl sites for hydroxylation is 1. The molecule has 0 atom stereocenters. The second-order valence-electron chi connectivity index (χ2n) is 7.01. The zero-order valence-electron chi connectivity index (χ0n) is 18.2. The number of carbonyl (C=O) groups is 1. The molecule has 5 nitrogen and oxygen atoms in total. The highest BCUT2D eigenvalue weighted by atomic mass is 19.4. The predicted molar refractivity (Wildman–Crippen MR) is 112 cm³/mol. The topological polar surface area (TPSA) is 48.0 Å². The van der Waals surface area contributed by atoms with Crippen molar-refractivity contribution in [3.8, 4) is 17.2 Å². The van der Waals surface area contributed by atoms with Gasteiger partial charge in [0.25, 0.3) is 0 Å². The molecule has 0 aliphatic rings. The lowest BCUT2D eigenvalue weighted by Crippen LogP contribution is -2.41. The van der Waals surface area contributed by atoms with Gasteiger partial charge in [0, 0.05) is 18.7 Å². The van der Waals surface area contributed by atoms with E-state index in [4.69, 9.17) is 14.2 Å². The Morgan fingerprint density at radius 2 is 1.42 bits per heavy atom. The Balaban J connectivity index is 2.32. The van der Waals surface area contributed by atoms with Crippen LogP contribution >= 0.6 is 0 Å². The van der Waals surface area contributed by atoms with Gasteiger partial charge in [0.2, 0.25) is 0 Å². The summed E-state index contributed by atoms with van der Waals surface area (Å²) >= 11 is 0. The van der Waals surface area contributed by atoms with Crippen molar-refractivity contribution < 1.29 is 32.2 Å². The monoisotopic (exact) mass is 439 g/mol. The highest BCUT2D eigenvalue weighted by Crippen LogP contribution is 2.31. The van der Waals surface area contributed by atoms with E-state index in [1.54, 1.807) is 37.4 Å². The van der Waals surface area contributed by atoms with Gasteiger partial charge in [-0.3, -0.25) is 4.79 Å². The summed E-state index contributed by atoms with van der Waals surface area (Å²) in [5.74, 6) is -0.269. The van der Waals surface area contributed by atoms with Gasteiger partial charge in [0.1, 0.15) is 17.2 Å². The number of hydrogen-bond acceptors (Lipinski definition) is 4. The van der Waals surface area contributed by atoms with Crippen LogP contribution in [-0.2, 0) is 24.2 Å². The molecule has 8 heteroatoms. The Morgan fingerprint density at radius 3 is 1.94 bits per heavy atom. The Bertz CT molecular complexity index is 884. The molecule has 2 rings (SSSR count). The van der Waals surface area contributed by atoms with E-state index in [1.165, 1.54) is 14.2 Å². The van der Waals surface area contributed by atoms with Gasteiger partial charge in [-0.05, 0) is 42.2 Å². The van der Waals surface area contributed by atoms with Gasteiger partial charge in [0.05, 0.1) is 21.3 Å². The number of benzene rings is 2. The highest BCUT2D eigenvalue weighted by Gasteiger charge is 2.42. The number of ether oxygens (including phenoxy) is 3. The summed E-state index contributed by atoms with van der Waals surface area (Å²) in [6.07, 6.45) is -3.12. The molecule has 0 saturated carbocycles. The summed E-state index contributed by atoms with van der Waals surface area (Å²) in [5.41, 5.74) is 2.12. The van der Waals surface area contributed by atoms with E-state index in [9.17, 15) is 18.0 Å². The van der Waals surface area contributed by atoms with Crippen LogP contribution in [-0.4, -0.2) is 44.9 Å². The van der Waals surface area contributed by atoms with E-state index < -0.39 is 12.1 Å². The molecule has 0 bridgehead atoms. The van der Waals surface area contributed by atoms with Crippen molar-refractivity contribution in [3.63, 3.8) is 0 Å². The van der Waals surface area contributed by atoms with E-state index in [1.807, 2.05) is 13.0 Å². The van der Waals surface area contributed by atoms with Gasteiger partial charge in [-0.25, -0.2) is 0 Å². The quantitative estimate of drug-likeness (QED) is 0.534. The predicted octanol–water partition coefficient (Wildman–Crippen LogP) is 4.80. The minimum absolute atomic E-state index is 0.150. The molecular weight excluding hydrogens is 411 g/mol. The molecule has 0 fully saturated rings. The third kappa shape index (κ3) is 6.29. The third-order valence-electron chi connectivity index (χ3n) is 4.94. The summed E-state index contributed by atoms with van der Waals surface area (Å²) in [5, 5.41) is 0. The maximum Gasteiger partial charge on any atom is 0.471 e. The lowest BCUT2D eigenvalue weighted by molar-refractivity contribution is -0.186. The van der Waals surface area contributed by atoms with Crippen molar-refractivity contribution in [3.05, 3.63) is 53.1 Å². The molecule has 0 radical (unpaired) electrons. The molecule has 2 aromatic carbocycles. The Morgan fingerprint density at radius 1 is 0.871 bits per heavy atom. The standard InChI is InChI=1S/C23H28F3NO4/c1-5-8-16-13-21(31-4)17(14-20(16)30-3)11-12-27(22(28)23(24,25)26)15-18-9-6-7-10-19(18)29-2/h6-7,9-10,13-14H,5,8,11-12,15H2,1-4H3. The van der Waals surface area contributed by atoms with Gasteiger partial charge in [-0.15, -0.1) is 0 Å². The van der Waals surface area contributed by atoms with Crippen LogP contribution in [0.2, 0.25) is 0 Å². The van der Waals surface area contributed by atoms with Gasteiger partial charge >= 0.3 is 12.1 Å². The SMILES string of the molecule is CCCc1cc(OC)c(CCN(Cc2ccccc2OC)C(=O)C(F)(F)F)cc1OC. The van der Waals surface area contributed by atoms with E-state index in [0.29, 0.717) is 28.4 Å². The zero-order chi connectivity index (χ0) is 23.0. The lowest BCUT2D eigenvalue weighted by Gasteiger charge is -2.25. The van der Waals surface area contributed by atoms with Crippen LogP contribution < -0.4 is 14.2 Å². The number of alkyl halides is 3. The first-order chi connectivity index (χ1) is 14.7. The van der Waals surface area contributed by atoms with Crippen molar-refractivity contribution in [2.75, 3.05) is 27.9 Å². The number of amides is 1. The molecule has 0 spiro atoms. The second kappa shape index (κ2) is 10.9. The van der Waals surface area contributed by atoms with Crippen molar-refractivity contribution in [2.45, 2.75) is 38.9 Å². The minimum atomic E-state index is -4.98. The molecule has 0 heterocycles. The van der Waals surface area contributed by atoms with Crippen molar-refractivity contribution >= 4 is 5.91 Å². The Labute approximate surface area is 180 Å². The second-order valence-corrected chi connectivity index (χ2v) is 7.01. The van der Waals surface area contributed by atoms with Gasteiger partial charge in [-0.1, -0.05) is 31.5 Å². The van der Waals surface area contributed by atoms with Crippen LogP contribution in [0.15, 0.2) is 36.4 Å². The smallest absolute Gasteiger partial charge is 0.471 e. The number of hydrogen-bond donors (Lipinski definition) is 0. The molecule has 1 amide bonds. The van der Waals surface area contributed by atoms with Crippen LogP contribution in [0.4, 0.5) is 13.2 Å². The van der Waals surface area contributed by atoms with Crippen molar-refractivity contribution in [1.29, 1.82) is 0 Å². The molecule has 0 saturated heterocycles. The van der Waals surface area contributed by atoms with E-state index in [2.05, 4.69) is 0 Å². The van der Waals surface area contributed by atoms with E-state index in [-0.39, 0.29) is 19.5 Å². The first-order valence-corrected chi connectivity index (χ1v) is 9.96. The van der Waals surface area contributed by atoms with Gasteiger partial charge in [-0.2, -0.15) is 13.2 Å². The summed E-state index contributed by atoms with van der Waals surface area (Å²) < 4.78 is 55.8. The van der Waals surface area contributed by atoms with Crippen LogP contribution in [0.1, 0.15) is 30.0 Å². The lowest BCUT2D eigenvalue weighted by atomic mass is 10.0. The number of nitrogens with zero attached hydrogens (tertiary/aromatic N) is 1. The third-order valence-corrected chi connectivity index (χ3v) is 4.94. The minimum Gasteiger partial charge on any atom is -0.496 e. The number of halogens is 3. The van der Waals surface area contributed by atoms with Crippen molar-refractivity contribution in [1.82, 2.24) is 4.90 Å². The average Bonchev–Trinajstić information content (AvgIpc) is 2.76. The first kappa shape index (κ1) is 24.4.